The molecule has 1 amide bonds. The van der Waals surface area contributed by atoms with Crippen LogP contribution in [0.3, 0.4) is 0 Å². The van der Waals surface area contributed by atoms with E-state index >= 15 is 0 Å². The molecule has 29 heavy (non-hydrogen) atoms. The van der Waals surface area contributed by atoms with Crippen LogP contribution in [0.25, 0.3) is 11.4 Å². The zero-order valence-electron chi connectivity index (χ0n) is 16.6. The van der Waals surface area contributed by atoms with Crippen LogP contribution >= 0.6 is 0 Å². The van der Waals surface area contributed by atoms with Crippen molar-refractivity contribution in [1.29, 1.82) is 0 Å². The monoisotopic (exact) mass is 387 g/mol. The number of hydrogen-bond acceptors (Lipinski definition) is 4. The molecule has 1 aromatic heterocycles. The highest BCUT2D eigenvalue weighted by atomic mass is 16.5. The Morgan fingerprint density at radius 2 is 2.00 bits per heavy atom. The van der Waals surface area contributed by atoms with Gasteiger partial charge in [0, 0.05) is 24.6 Å². The average molecular weight is 387 g/mol. The number of benzene rings is 2. The molecule has 1 saturated carbocycles. The van der Waals surface area contributed by atoms with Crippen molar-refractivity contribution in [2.24, 2.45) is 5.92 Å². The Morgan fingerprint density at radius 3 is 2.83 bits per heavy atom. The van der Waals surface area contributed by atoms with Gasteiger partial charge in [-0.25, -0.2) is 0 Å². The maximum Gasteiger partial charge on any atom is 0.231 e. The molecule has 2 aromatic carbocycles. The summed E-state index contributed by atoms with van der Waals surface area (Å²) in [5, 5.41) is 4.18. The minimum Gasteiger partial charge on any atom is -0.342 e. The molecule has 3 aromatic rings. The van der Waals surface area contributed by atoms with Crippen LogP contribution < -0.4 is 0 Å². The van der Waals surface area contributed by atoms with Gasteiger partial charge in [0.25, 0.3) is 0 Å². The van der Waals surface area contributed by atoms with Gasteiger partial charge in [0.1, 0.15) is 0 Å². The number of piperidine rings is 1. The molecule has 3 unspecified atom stereocenters. The van der Waals surface area contributed by atoms with Crippen LogP contribution in [0.5, 0.6) is 0 Å². The molecule has 5 rings (SSSR count). The lowest BCUT2D eigenvalue weighted by molar-refractivity contribution is -0.134. The normalized spacial score (nSPS) is 23.8. The zero-order chi connectivity index (χ0) is 19.8. The summed E-state index contributed by atoms with van der Waals surface area (Å²) in [7, 11) is 0. The van der Waals surface area contributed by atoms with Crippen LogP contribution in [-0.4, -0.2) is 34.0 Å². The molecule has 5 heteroatoms. The highest BCUT2D eigenvalue weighted by Crippen LogP contribution is 2.48. The van der Waals surface area contributed by atoms with Gasteiger partial charge in [-0.3, -0.25) is 4.79 Å². The lowest BCUT2D eigenvalue weighted by atomic mass is 9.97. The summed E-state index contributed by atoms with van der Waals surface area (Å²) in [6, 6.07) is 18.5. The maximum atomic E-state index is 13.0. The van der Waals surface area contributed by atoms with E-state index in [1.165, 1.54) is 11.1 Å². The van der Waals surface area contributed by atoms with Gasteiger partial charge in [-0.15, -0.1) is 0 Å². The molecular formula is C24H25N3O2. The Bertz CT molecular complexity index is 1010. The highest BCUT2D eigenvalue weighted by molar-refractivity contribution is 5.83. The Morgan fingerprint density at radius 1 is 1.14 bits per heavy atom. The highest BCUT2D eigenvalue weighted by Gasteiger charge is 2.46. The van der Waals surface area contributed by atoms with Crippen molar-refractivity contribution >= 4 is 5.91 Å². The Hall–Kier alpha value is -2.95. The van der Waals surface area contributed by atoms with E-state index in [1.807, 2.05) is 35.2 Å². The van der Waals surface area contributed by atoms with Crippen LogP contribution in [0.15, 0.2) is 59.1 Å². The van der Waals surface area contributed by atoms with Gasteiger partial charge in [-0.2, -0.15) is 4.98 Å². The van der Waals surface area contributed by atoms with Crippen molar-refractivity contribution in [3.8, 4) is 11.4 Å². The summed E-state index contributed by atoms with van der Waals surface area (Å²) in [5.41, 5.74) is 3.41. The van der Waals surface area contributed by atoms with Gasteiger partial charge in [0.05, 0.1) is 5.92 Å². The van der Waals surface area contributed by atoms with E-state index in [4.69, 9.17) is 4.52 Å². The van der Waals surface area contributed by atoms with E-state index in [9.17, 15) is 4.79 Å². The summed E-state index contributed by atoms with van der Waals surface area (Å²) in [5.74, 6) is 2.17. The number of aryl methyl sites for hydroxylation is 1. The first-order valence-corrected chi connectivity index (χ1v) is 10.4. The van der Waals surface area contributed by atoms with E-state index in [0.29, 0.717) is 24.2 Å². The van der Waals surface area contributed by atoms with Crippen molar-refractivity contribution in [1.82, 2.24) is 15.0 Å². The van der Waals surface area contributed by atoms with E-state index in [-0.39, 0.29) is 17.7 Å². The molecule has 2 aliphatic rings. The number of rotatable bonds is 4. The molecular weight excluding hydrogens is 362 g/mol. The fourth-order valence-electron chi connectivity index (χ4n) is 4.45. The third-order valence-electron chi connectivity index (χ3n) is 6.14. The average Bonchev–Trinajstić information content (AvgIpc) is 3.41. The summed E-state index contributed by atoms with van der Waals surface area (Å²) in [4.78, 5) is 19.7. The quantitative estimate of drug-likeness (QED) is 0.659. The van der Waals surface area contributed by atoms with Crippen LogP contribution in [0.4, 0.5) is 0 Å². The fourth-order valence-corrected chi connectivity index (χ4v) is 4.45. The number of likely N-dealkylation sites (tertiary alicyclic amines) is 1. The van der Waals surface area contributed by atoms with Crippen molar-refractivity contribution in [2.45, 2.75) is 38.0 Å². The first kappa shape index (κ1) is 18.1. The van der Waals surface area contributed by atoms with Crippen LogP contribution in [0.1, 0.15) is 48.1 Å². The molecule has 0 spiro atoms. The molecule has 0 N–H and O–H groups in total. The minimum atomic E-state index is 0.118. The molecule has 1 aliphatic heterocycles. The van der Waals surface area contributed by atoms with Gasteiger partial charge in [-0.1, -0.05) is 59.3 Å². The van der Waals surface area contributed by atoms with Gasteiger partial charge in [0.2, 0.25) is 17.6 Å². The van der Waals surface area contributed by atoms with Gasteiger partial charge < -0.3 is 9.42 Å². The molecule has 148 valence electrons. The van der Waals surface area contributed by atoms with Crippen molar-refractivity contribution in [2.75, 3.05) is 13.1 Å². The smallest absolute Gasteiger partial charge is 0.231 e. The molecule has 2 fully saturated rings. The van der Waals surface area contributed by atoms with Gasteiger partial charge in [0.15, 0.2) is 0 Å². The van der Waals surface area contributed by atoms with Crippen molar-refractivity contribution < 1.29 is 9.32 Å². The third-order valence-corrected chi connectivity index (χ3v) is 6.14. The molecule has 1 aliphatic carbocycles. The summed E-state index contributed by atoms with van der Waals surface area (Å²) >= 11 is 0. The van der Waals surface area contributed by atoms with Gasteiger partial charge in [-0.05, 0) is 43.7 Å². The number of carbonyl (C=O) groups excluding carboxylic acids is 1. The van der Waals surface area contributed by atoms with E-state index < -0.39 is 0 Å². The summed E-state index contributed by atoms with van der Waals surface area (Å²) in [6.07, 6.45) is 2.91. The van der Waals surface area contributed by atoms with Gasteiger partial charge >= 0.3 is 0 Å². The number of nitrogens with zero attached hydrogens (tertiary/aromatic N) is 3. The van der Waals surface area contributed by atoms with E-state index in [1.54, 1.807) is 0 Å². The maximum absolute atomic E-state index is 13.0. The summed E-state index contributed by atoms with van der Waals surface area (Å²) < 4.78 is 5.59. The Labute approximate surface area is 170 Å². The lowest BCUT2D eigenvalue weighted by Gasteiger charge is -2.31. The van der Waals surface area contributed by atoms with E-state index in [0.717, 1.165) is 31.4 Å². The van der Waals surface area contributed by atoms with Crippen molar-refractivity contribution in [3.05, 3.63) is 71.6 Å². The van der Waals surface area contributed by atoms with Crippen LogP contribution in [0.2, 0.25) is 0 Å². The molecule has 5 nitrogen and oxygen atoms in total. The summed E-state index contributed by atoms with van der Waals surface area (Å²) in [6.45, 7) is 3.55. The number of hydrogen-bond donors (Lipinski definition) is 0. The lowest BCUT2D eigenvalue weighted by Crippen LogP contribution is -2.40. The van der Waals surface area contributed by atoms with Crippen LogP contribution in [-0.2, 0) is 4.79 Å². The second-order valence-electron chi connectivity index (χ2n) is 8.31. The SMILES string of the molecule is Cc1cccc(-c2noc(C3CCCN(C(=O)C4CC4c4ccccc4)C3)n2)c1. The second kappa shape index (κ2) is 7.47. The largest absolute Gasteiger partial charge is 0.342 e. The zero-order valence-corrected chi connectivity index (χ0v) is 16.6. The number of amides is 1. The minimum absolute atomic E-state index is 0.118. The number of carbonyl (C=O) groups is 1. The third kappa shape index (κ3) is 3.69. The molecule has 1 saturated heterocycles. The molecule has 2 heterocycles. The first-order chi connectivity index (χ1) is 14.2. The Balaban J connectivity index is 1.26. The topological polar surface area (TPSA) is 59.2 Å². The van der Waals surface area contributed by atoms with Crippen molar-refractivity contribution in [3.63, 3.8) is 0 Å². The number of aromatic nitrogens is 2. The second-order valence-corrected chi connectivity index (χ2v) is 8.31. The van der Waals surface area contributed by atoms with E-state index in [2.05, 4.69) is 41.3 Å². The molecule has 3 atom stereocenters. The Kier molecular flexibility index (Phi) is 4.66. The predicted octanol–water partition coefficient (Wildman–Crippen LogP) is 4.55. The molecule has 0 bridgehead atoms. The standard InChI is InChI=1S/C24H25N3O2/c1-16-7-5-10-18(13-16)22-25-23(29-26-22)19-11-6-12-27(15-19)24(28)21-14-20(21)17-8-3-2-4-9-17/h2-5,7-10,13,19-21H,6,11-12,14-15H2,1H3. The fraction of sp³-hybridized carbons (Fsp3) is 0.375. The first-order valence-electron chi connectivity index (χ1n) is 10.4. The van der Waals surface area contributed by atoms with Crippen LogP contribution in [0, 0.1) is 12.8 Å². The predicted molar refractivity (Wildman–Crippen MR) is 110 cm³/mol. The molecule has 0 radical (unpaired) electrons.